The van der Waals surface area contributed by atoms with Crippen molar-refractivity contribution in [1.82, 2.24) is 19.9 Å². The summed E-state index contributed by atoms with van der Waals surface area (Å²) in [7, 11) is -4.06. The first-order valence-corrected chi connectivity index (χ1v) is 14.7. The van der Waals surface area contributed by atoms with E-state index in [0.717, 1.165) is 16.0 Å². The molecule has 12 nitrogen and oxygen atoms in total. The van der Waals surface area contributed by atoms with Gasteiger partial charge in [-0.3, -0.25) is 14.9 Å². The fourth-order valence-electron chi connectivity index (χ4n) is 5.61. The molecule has 4 aromatic rings. The highest BCUT2D eigenvalue weighted by Crippen LogP contribution is 2.48. The molecular weight excluding hydrogens is 562 g/mol. The van der Waals surface area contributed by atoms with Crippen molar-refractivity contribution >= 4 is 27.4 Å². The molecule has 0 radical (unpaired) electrons. The van der Waals surface area contributed by atoms with E-state index in [1.807, 2.05) is 60.7 Å². The van der Waals surface area contributed by atoms with Gasteiger partial charge in [0.25, 0.3) is 5.69 Å². The van der Waals surface area contributed by atoms with E-state index in [9.17, 15) is 28.1 Å². The number of nitro groups is 1. The Bertz CT molecular complexity index is 1790. The molecule has 0 unspecified atom stereocenters. The quantitative estimate of drug-likeness (QED) is 0.131. The summed E-state index contributed by atoms with van der Waals surface area (Å²) in [5.74, 6) is -1.35. The lowest BCUT2D eigenvalue weighted by atomic mass is 9.95. The number of ether oxygens (including phenoxy) is 1. The first kappa shape index (κ1) is 27.3. The van der Waals surface area contributed by atoms with Crippen LogP contribution in [0.5, 0.6) is 0 Å². The van der Waals surface area contributed by atoms with Gasteiger partial charge < -0.3 is 9.64 Å². The van der Waals surface area contributed by atoms with Crippen LogP contribution in [0.3, 0.4) is 0 Å². The summed E-state index contributed by atoms with van der Waals surface area (Å²) >= 11 is 0. The van der Waals surface area contributed by atoms with Crippen LogP contribution in [0.25, 0.3) is 22.5 Å². The monoisotopic (exact) mass is 587 g/mol. The van der Waals surface area contributed by atoms with Crippen LogP contribution in [-0.2, 0) is 37.3 Å². The van der Waals surface area contributed by atoms with E-state index in [-0.39, 0.29) is 25.3 Å². The van der Waals surface area contributed by atoms with Gasteiger partial charge in [0.1, 0.15) is 22.4 Å². The second kappa shape index (κ2) is 10.2. The normalized spacial score (nSPS) is 22.3. The van der Waals surface area contributed by atoms with E-state index in [1.54, 1.807) is 0 Å². The van der Waals surface area contributed by atoms with E-state index in [0.29, 0.717) is 17.0 Å². The zero-order valence-corrected chi connectivity index (χ0v) is 23.2. The number of amides is 1. The number of nitro benzene ring substituents is 1. The van der Waals surface area contributed by atoms with Crippen molar-refractivity contribution in [1.29, 1.82) is 0 Å². The van der Waals surface area contributed by atoms with Crippen LogP contribution in [-0.4, -0.2) is 61.3 Å². The Morgan fingerprint density at radius 3 is 2.24 bits per heavy atom. The van der Waals surface area contributed by atoms with Crippen molar-refractivity contribution in [3.63, 3.8) is 0 Å². The fourth-order valence-corrected chi connectivity index (χ4v) is 7.96. The molecule has 3 aromatic carbocycles. The van der Waals surface area contributed by atoms with E-state index in [4.69, 9.17) is 4.74 Å². The third kappa shape index (κ3) is 4.33. The Hall–Kier alpha value is -4.91. The topological polar surface area (TPSA) is 155 Å². The van der Waals surface area contributed by atoms with E-state index in [1.165, 1.54) is 35.9 Å². The van der Waals surface area contributed by atoms with Gasteiger partial charge in [0, 0.05) is 23.3 Å². The number of hydrogen-bond donors (Lipinski definition) is 0. The van der Waals surface area contributed by atoms with Crippen molar-refractivity contribution in [2.24, 2.45) is 0 Å². The molecular formula is C29H25N5O7S. The predicted octanol–water partition coefficient (Wildman–Crippen LogP) is 3.38. The molecule has 0 N–H and O–H groups in total. The third-order valence-electron chi connectivity index (χ3n) is 7.86. The van der Waals surface area contributed by atoms with E-state index >= 15 is 0 Å². The van der Waals surface area contributed by atoms with Crippen molar-refractivity contribution in [2.45, 2.75) is 42.7 Å². The number of esters is 1. The number of β-lactam (4-membered cyclic amide) rings is 1. The van der Waals surface area contributed by atoms with Gasteiger partial charge in [0.05, 0.1) is 23.6 Å². The van der Waals surface area contributed by atoms with Crippen LogP contribution in [0.15, 0.2) is 84.9 Å². The minimum atomic E-state index is -4.06. The SMILES string of the molecule is C[C@]1(Cn2nnc(-c3ccccc3)c2-c2ccccc2)[C@H](C(=O)OCc2ccc([N+](=O)[O-])cc2)N2C(=O)C[C@H]2S1(=O)=O. The zero-order chi connectivity index (χ0) is 29.6. The number of benzene rings is 3. The standard InChI is InChI=1S/C29H25N5O7S/c1-29(18-32-26(21-10-6-3-7-11-21)25(30-31-32)20-8-4-2-5-9-20)27(33-23(35)16-24(33)42(29,39)40)28(36)41-17-19-12-14-22(15-13-19)34(37)38/h2-15,24,27H,16-18H2,1H3/t24-,27+,29+/m1/s1. The zero-order valence-electron chi connectivity index (χ0n) is 22.4. The van der Waals surface area contributed by atoms with Crippen molar-refractivity contribution < 1.29 is 27.7 Å². The molecule has 1 amide bonds. The Morgan fingerprint density at radius 2 is 1.64 bits per heavy atom. The van der Waals surface area contributed by atoms with E-state index < -0.39 is 42.8 Å². The van der Waals surface area contributed by atoms with Crippen LogP contribution < -0.4 is 0 Å². The summed E-state index contributed by atoms with van der Waals surface area (Å²) in [6, 6.07) is 22.6. The molecule has 42 heavy (non-hydrogen) atoms. The molecule has 2 aliphatic heterocycles. The molecule has 6 rings (SSSR count). The van der Waals surface area contributed by atoms with Gasteiger partial charge in [0.2, 0.25) is 5.91 Å². The lowest BCUT2D eigenvalue weighted by molar-refractivity contribution is -0.384. The molecule has 3 atom stereocenters. The van der Waals surface area contributed by atoms with Gasteiger partial charge in [0.15, 0.2) is 15.9 Å². The summed E-state index contributed by atoms with van der Waals surface area (Å²) in [5.41, 5.74) is 2.98. The lowest BCUT2D eigenvalue weighted by Gasteiger charge is -2.36. The molecule has 0 bridgehead atoms. The maximum atomic E-state index is 13.9. The molecule has 2 aliphatic rings. The number of aromatic nitrogens is 3. The summed E-state index contributed by atoms with van der Waals surface area (Å²) in [4.78, 5) is 37.7. The number of hydrogen-bond acceptors (Lipinski definition) is 9. The Morgan fingerprint density at radius 1 is 1.02 bits per heavy atom. The number of rotatable bonds is 8. The van der Waals surface area contributed by atoms with Crippen LogP contribution in [0.1, 0.15) is 18.9 Å². The molecule has 214 valence electrons. The van der Waals surface area contributed by atoms with Gasteiger partial charge in [-0.15, -0.1) is 5.10 Å². The molecule has 2 fully saturated rings. The highest BCUT2D eigenvalue weighted by molar-refractivity contribution is 7.93. The predicted molar refractivity (Wildman–Crippen MR) is 150 cm³/mol. The van der Waals surface area contributed by atoms with Gasteiger partial charge >= 0.3 is 5.97 Å². The second-order valence-electron chi connectivity index (χ2n) is 10.4. The van der Waals surface area contributed by atoms with Gasteiger partial charge in [-0.05, 0) is 24.6 Å². The minimum absolute atomic E-state index is 0.120. The van der Waals surface area contributed by atoms with Crippen LogP contribution in [0, 0.1) is 10.1 Å². The molecule has 13 heteroatoms. The van der Waals surface area contributed by atoms with Gasteiger partial charge in [-0.25, -0.2) is 17.9 Å². The number of carbonyl (C=O) groups excluding carboxylic acids is 2. The largest absolute Gasteiger partial charge is 0.459 e. The summed E-state index contributed by atoms with van der Waals surface area (Å²) in [5, 5.41) is 18.5. The molecule has 0 saturated carbocycles. The number of fused-ring (bicyclic) bond motifs is 1. The Balaban J connectivity index is 1.37. The first-order valence-electron chi connectivity index (χ1n) is 13.1. The smallest absolute Gasteiger partial charge is 0.330 e. The number of nitrogens with zero attached hydrogens (tertiary/aromatic N) is 5. The van der Waals surface area contributed by atoms with Crippen LogP contribution in [0.2, 0.25) is 0 Å². The Labute approximate surface area is 240 Å². The first-order chi connectivity index (χ1) is 20.1. The molecule has 3 heterocycles. The van der Waals surface area contributed by atoms with Gasteiger partial charge in [-0.1, -0.05) is 65.9 Å². The number of non-ortho nitro benzene ring substituents is 1. The Kier molecular flexibility index (Phi) is 6.61. The maximum absolute atomic E-state index is 13.9. The average Bonchev–Trinajstić information content (AvgIpc) is 3.46. The van der Waals surface area contributed by atoms with Crippen LogP contribution >= 0.6 is 0 Å². The van der Waals surface area contributed by atoms with Crippen LogP contribution in [0.4, 0.5) is 5.69 Å². The summed E-state index contributed by atoms with van der Waals surface area (Å²) in [6.45, 7) is 0.911. The summed E-state index contributed by atoms with van der Waals surface area (Å²) < 4.78 is 33.0. The summed E-state index contributed by atoms with van der Waals surface area (Å²) in [6.07, 6.45) is -0.220. The maximum Gasteiger partial charge on any atom is 0.330 e. The van der Waals surface area contributed by atoms with Crippen molar-refractivity contribution in [3.8, 4) is 22.5 Å². The average molecular weight is 588 g/mol. The molecule has 1 aromatic heterocycles. The molecule has 0 spiro atoms. The van der Waals surface area contributed by atoms with Crippen molar-refractivity contribution in [2.75, 3.05) is 0 Å². The number of carbonyl (C=O) groups is 2. The van der Waals surface area contributed by atoms with E-state index in [2.05, 4.69) is 10.3 Å². The van der Waals surface area contributed by atoms with Gasteiger partial charge in [-0.2, -0.15) is 0 Å². The van der Waals surface area contributed by atoms with Crippen molar-refractivity contribution in [3.05, 3.63) is 101 Å². The molecule has 2 saturated heterocycles. The molecule has 0 aliphatic carbocycles. The fraction of sp³-hybridized carbons (Fsp3) is 0.241. The second-order valence-corrected chi connectivity index (χ2v) is 13.0. The number of sulfone groups is 1. The highest BCUT2D eigenvalue weighted by Gasteiger charge is 2.70. The minimum Gasteiger partial charge on any atom is -0.459 e. The highest BCUT2D eigenvalue weighted by atomic mass is 32.2. The lowest BCUT2D eigenvalue weighted by Crippen LogP contribution is -2.58. The third-order valence-corrected chi connectivity index (χ3v) is 10.6.